The average molecular weight is 533 g/mol. The number of nitrogens with zero attached hydrogens (tertiary/aromatic N) is 2. The molecule has 30 heavy (non-hydrogen) atoms. The highest BCUT2D eigenvalue weighted by Gasteiger charge is 2.32. The summed E-state index contributed by atoms with van der Waals surface area (Å²) in [5.74, 6) is 0.912. The highest BCUT2D eigenvalue weighted by Crippen LogP contribution is 2.21. The van der Waals surface area contributed by atoms with Crippen LogP contribution in [-0.4, -0.2) is 76.2 Å². The van der Waals surface area contributed by atoms with E-state index < -0.39 is 0 Å². The second kappa shape index (κ2) is 14.2. The van der Waals surface area contributed by atoms with Gasteiger partial charge in [-0.05, 0) is 30.9 Å². The summed E-state index contributed by atoms with van der Waals surface area (Å²) in [4.78, 5) is 6.76. The van der Waals surface area contributed by atoms with Crippen molar-refractivity contribution in [3.8, 4) is 0 Å². The second-order valence-electron chi connectivity index (χ2n) is 7.38. The lowest BCUT2D eigenvalue weighted by Gasteiger charge is -2.37. The normalized spacial score (nSPS) is 22.1. The van der Waals surface area contributed by atoms with Crippen molar-refractivity contribution in [1.82, 2.24) is 10.2 Å². The first-order valence-electron chi connectivity index (χ1n) is 10.7. The molecule has 170 valence electrons. The second-order valence-corrected chi connectivity index (χ2v) is 7.38. The largest absolute Gasteiger partial charge is 0.379 e. The van der Waals surface area contributed by atoms with Crippen LogP contribution in [0.2, 0.25) is 0 Å². The zero-order valence-electron chi connectivity index (χ0n) is 18.2. The van der Waals surface area contributed by atoms with E-state index in [9.17, 15) is 0 Å². The van der Waals surface area contributed by atoms with Gasteiger partial charge in [-0.15, -0.1) is 24.0 Å². The third kappa shape index (κ3) is 7.96. The van der Waals surface area contributed by atoms with E-state index in [4.69, 9.17) is 18.9 Å². The first-order chi connectivity index (χ1) is 14.3. The van der Waals surface area contributed by atoms with Gasteiger partial charge in [0.25, 0.3) is 0 Å². The summed E-state index contributed by atoms with van der Waals surface area (Å²) in [6.45, 7) is 8.51. The Morgan fingerprint density at radius 1 is 1.17 bits per heavy atom. The molecule has 0 aromatic heterocycles. The average Bonchev–Trinajstić information content (AvgIpc) is 3.30. The van der Waals surface area contributed by atoms with Gasteiger partial charge in [-0.3, -0.25) is 4.99 Å². The van der Waals surface area contributed by atoms with Gasteiger partial charge >= 0.3 is 0 Å². The molecule has 0 bridgehead atoms. The minimum Gasteiger partial charge on any atom is -0.379 e. The van der Waals surface area contributed by atoms with E-state index in [2.05, 4.69) is 39.5 Å². The third-order valence-electron chi connectivity index (χ3n) is 5.27. The van der Waals surface area contributed by atoms with Gasteiger partial charge in [-0.2, -0.15) is 0 Å². The van der Waals surface area contributed by atoms with E-state index in [-0.39, 0.29) is 36.2 Å². The van der Waals surface area contributed by atoms with Crippen LogP contribution in [0.4, 0.5) is 0 Å². The van der Waals surface area contributed by atoms with Crippen LogP contribution in [0.3, 0.4) is 0 Å². The van der Waals surface area contributed by atoms with Crippen LogP contribution in [0.5, 0.6) is 0 Å². The quantitative estimate of drug-likeness (QED) is 0.228. The van der Waals surface area contributed by atoms with Crippen molar-refractivity contribution in [2.24, 2.45) is 4.99 Å². The molecule has 1 aromatic rings. The Hall–Kier alpha value is -0.940. The van der Waals surface area contributed by atoms with Gasteiger partial charge < -0.3 is 29.2 Å². The monoisotopic (exact) mass is 533 g/mol. The summed E-state index contributed by atoms with van der Waals surface area (Å²) in [5, 5.41) is 3.50. The lowest BCUT2D eigenvalue weighted by molar-refractivity contribution is -0.0817. The van der Waals surface area contributed by atoms with E-state index >= 15 is 0 Å². The predicted molar refractivity (Wildman–Crippen MR) is 128 cm³/mol. The van der Waals surface area contributed by atoms with Gasteiger partial charge in [0.15, 0.2) is 5.96 Å². The zero-order chi connectivity index (χ0) is 20.3. The van der Waals surface area contributed by atoms with Gasteiger partial charge in [0, 0.05) is 39.9 Å². The number of hydrogen-bond donors (Lipinski definition) is 1. The number of hydrogen-bond acceptors (Lipinski definition) is 5. The van der Waals surface area contributed by atoms with Gasteiger partial charge in [0.05, 0.1) is 32.5 Å². The number of ether oxygens (including phenoxy) is 4. The smallest absolute Gasteiger partial charge is 0.194 e. The van der Waals surface area contributed by atoms with Crippen LogP contribution < -0.4 is 5.32 Å². The van der Waals surface area contributed by atoms with Crippen molar-refractivity contribution in [1.29, 1.82) is 0 Å². The van der Waals surface area contributed by atoms with Crippen LogP contribution in [0.25, 0.3) is 0 Å². The maximum atomic E-state index is 5.96. The first-order valence-corrected chi connectivity index (χ1v) is 10.7. The molecule has 2 aliphatic heterocycles. The van der Waals surface area contributed by atoms with E-state index in [1.54, 1.807) is 0 Å². The lowest BCUT2D eigenvalue weighted by Crippen LogP contribution is -2.53. The fourth-order valence-corrected chi connectivity index (χ4v) is 3.78. The Morgan fingerprint density at radius 3 is 2.73 bits per heavy atom. The summed E-state index contributed by atoms with van der Waals surface area (Å²) >= 11 is 0. The Bertz CT molecular complexity index is 641. The van der Waals surface area contributed by atoms with Gasteiger partial charge in [-0.25, -0.2) is 0 Å². The number of aliphatic imine (C=N–C) groups is 1. The minimum atomic E-state index is 0. The molecule has 2 aliphatic rings. The van der Waals surface area contributed by atoms with Crippen molar-refractivity contribution in [2.45, 2.75) is 45.1 Å². The Kier molecular flexibility index (Phi) is 12.0. The number of benzene rings is 1. The molecule has 2 atom stereocenters. The van der Waals surface area contributed by atoms with Crippen molar-refractivity contribution in [3.05, 3.63) is 35.4 Å². The van der Waals surface area contributed by atoms with E-state index in [1.807, 2.05) is 14.0 Å². The number of morpholine rings is 1. The van der Waals surface area contributed by atoms with E-state index in [0.717, 1.165) is 51.6 Å². The Morgan fingerprint density at radius 2 is 1.97 bits per heavy atom. The van der Waals surface area contributed by atoms with Crippen LogP contribution >= 0.6 is 24.0 Å². The van der Waals surface area contributed by atoms with Crippen LogP contribution in [0.1, 0.15) is 30.9 Å². The summed E-state index contributed by atoms with van der Waals surface area (Å²) in [6.07, 6.45) is 2.56. The molecule has 0 spiro atoms. The molecule has 7 nitrogen and oxygen atoms in total. The fraction of sp³-hybridized carbons (Fsp3) is 0.682. The highest BCUT2D eigenvalue weighted by molar-refractivity contribution is 14.0. The maximum absolute atomic E-state index is 5.96. The van der Waals surface area contributed by atoms with Crippen molar-refractivity contribution in [2.75, 3.05) is 53.2 Å². The van der Waals surface area contributed by atoms with Crippen molar-refractivity contribution < 1.29 is 18.9 Å². The van der Waals surface area contributed by atoms with Crippen LogP contribution in [0, 0.1) is 0 Å². The summed E-state index contributed by atoms with van der Waals surface area (Å²) < 4.78 is 22.8. The molecule has 0 amide bonds. The predicted octanol–water partition coefficient (Wildman–Crippen LogP) is 2.81. The zero-order valence-corrected chi connectivity index (χ0v) is 20.5. The number of nitrogens with one attached hydrogen (secondary N) is 1. The summed E-state index contributed by atoms with van der Waals surface area (Å²) in [6, 6.07) is 8.46. The Balaban J connectivity index is 0.00000320. The Labute approximate surface area is 197 Å². The van der Waals surface area contributed by atoms with Gasteiger partial charge in [0.1, 0.15) is 6.10 Å². The standard InChI is InChI=1S/C22H35N3O4.HI/c1-3-26-12-13-27-17-19-7-4-6-18(14-19)15-24-22(23-2)25-9-11-29-21(16-25)20-8-5-10-28-20;/h4,6-7,14,20-21H,3,5,8-13,15-17H2,1-2H3,(H,23,24);1H. The van der Waals surface area contributed by atoms with Crippen LogP contribution in [-0.2, 0) is 32.1 Å². The first kappa shape index (κ1) is 25.3. The SMILES string of the molecule is CCOCCOCc1cccc(CNC(=NC)N2CCOC(C3CCCO3)C2)c1.I. The minimum absolute atomic E-state index is 0. The molecule has 1 N–H and O–H groups in total. The molecule has 2 heterocycles. The van der Waals surface area contributed by atoms with Crippen LogP contribution in [0.15, 0.2) is 29.3 Å². The molecule has 0 saturated carbocycles. The maximum Gasteiger partial charge on any atom is 0.194 e. The molecule has 1 aromatic carbocycles. The lowest BCUT2D eigenvalue weighted by atomic mass is 10.1. The van der Waals surface area contributed by atoms with E-state index in [0.29, 0.717) is 26.4 Å². The molecule has 2 saturated heterocycles. The van der Waals surface area contributed by atoms with Crippen molar-refractivity contribution in [3.63, 3.8) is 0 Å². The molecule has 8 heteroatoms. The number of halogens is 1. The molecule has 2 fully saturated rings. The highest BCUT2D eigenvalue weighted by atomic mass is 127. The van der Waals surface area contributed by atoms with Gasteiger partial charge in [-0.1, -0.05) is 24.3 Å². The summed E-state index contributed by atoms with van der Waals surface area (Å²) in [7, 11) is 1.83. The molecule has 0 aliphatic carbocycles. The molecule has 0 radical (unpaired) electrons. The molecular weight excluding hydrogens is 497 g/mol. The van der Waals surface area contributed by atoms with Crippen molar-refractivity contribution >= 4 is 29.9 Å². The number of rotatable bonds is 9. The van der Waals surface area contributed by atoms with Gasteiger partial charge in [0.2, 0.25) is 0 Å². The summed E-state index contributed by atoms with van der Waals surface area (Å²) in [5.41, 5.74) is 2.38. The molecule has 3 rings (SSSR count). The third-order valence-corrected chi connectivity index (χ3v) is 5.27. The van der Waals surface area contributed by atoms with E-state index in [1.165, 1.54) is 11.1 Å². The molecule has 2 unspecified atom stereocenters. The fourth-order valence-electron chi connectivity index (χ4n) is 3.78. The number of guanidine groups is 1. The molecular formula is C22H36IN3O4. The topological polar surface area (TPSA) is 64.6 Å².